The van der Waals surface area contributed by atoms with Gasteiger partial charge in [-0.15, -0.1) is 0 Å². The summed E-state index contributed by atoms with van der Waals surface area (Å²) < 4.78 is 11.4. The van der Waals surface area contributed by atoms with Crippen molar-refractivity contribution in [2.75, 3.05) is 20.3 Å². The summed E-state index contributed by atoms with van der Waals surface area (Å²) >= 11 is 0. The summed E-state index contributed by atoms with van der Waals surface area (Å²) in [5, 5.41) is 3.33. The van der Waals surface area contributed by atoms with Gasteiger partial charge in [0.2, 0.25) is 0 Å². The van der Waals surface area contributed by atoms with Crippen LogP contribution in [0.4, 0.5) is 0 Å². The molecule has 3 heteroatoms. The number of rotatable bonds is 5. The van der Waals surface area contributed by atoms with E-state index in [0.29, 0.717) is 12.1 Å². The third-order valence-electron chi connectivity index (χ3n) is 3.48. The highest BCUT2D eigenvalue weighted by molar-refractivity contribution is 5.06. The van der Waals surface area contributed by atoms with Crippen LogP contribution in [0.25, 0.3) is 0 Å². The fourth-order valence-corrected chi connectivity index (χ4v) is 2.50. The third kappa shape index (κ3) is 3.22. The van der Waals surface area contributed by atoms with Crippen molar-refractivity contribution < 1.29 is 9.47 Å². The summed E-state index contributed by atoms with van der Waals surface area (Å²) in [6.07, 6.45) is 9.81. The highest BCUT2D eigenvalue weighted by atomic mass is 16.5. The first-order chi connectivity index (χ1) is 7.90. The van der Waals surface area contributed by atoms with Crippen LogP contribution in [0, 0.1) is 0 Å². The molecule has 16 heavy (non-hydrogen) atoms. The van der Waals surface area contributed by atoms with Crippen molar-refractivity contribution in [2.45, 2.75) is 50.7 Å². The van der Waals surface area contributed by atoms with E-state index < -0.39 is 0 Å². The third-order valence-corrected chi connectivity index (χ3v) is 3.48. The minimum absolute atomic E-state index is 0.382. The van der Waals surface area contributed by atoms with E-state index in [1.54, 1.807) is 0 Å². The lowest BCUT2D eigenvalue weighted by Gasteiger charge is -2.25. The smallest absolute Gasteiger partial charge is 0.109 e. The molecule has 2 aliphatic heterocycles. The van der Waals surface area contributed by atoms with Crippen molar-refractivity contribution in [3.05, 3.63) is 11.8 Å². The van der Waals surface area contributed by atoms with Crippen molar-refractivity contribution in [3.8, 4) is 0 Å². The molecule has 3 nitrogen and oxygen atoms in total. The molecule has 2 rings (SSSR count). The van der Waals surface area contributed by atoms with Crippen molar-refractivity contribution in [2.24, 2.45) is 0 Å². The molecule has 92 valence electrons. The van der Waals surface area contributed by atoms with Gasteiger partial charge >= 0.3 is 0 Å². The molecule has 2 aliphatic rings. The number of ether oxygens (including phenoxy) is 2. The fraction of sp³-hybridized carbons (Fsp3) is 0.846. The average molecular weight is 225 g/mol. The first-order valence-corrected chi connectivity index (χ1v) is 6.52. The Balaban J connectivity index is 1.73. The molecule has 0 aromatic heterocycles. The molecule has 0 bridgehead atoms. The van der Waals surface area contributed by atoms with Gasteiger partial charge in [0, 0.05) is 13.0 Å². The SMILES string of the molecule is CNC(CCC1CCCCO1)C1=CCCO1. The Morgan fingerprint density at radius 2 is 2.38 bits per heavy atom. The molecular weight excluding hydrogens is 202 g/mol. The van der Waals surface area contributed by atoms with Crippen LogP contribution in [0.3, 0.4) is 0 Å². The minimum Gasteiger partial charge on any atom is -0.496 e. The van der Waals surface area contributed by atoms with Gasteiger partial charge < -0.3 is 14.8 Å². The molecule has 0 spiro atoms. The van der Waals surface area contributed by atoms with Crippen LogP contribution in [0.15, 0.2) is 11.8 Å². The quantitative estimate of drug-likeness (QED) is 0.778. The number of likely N-dealkylation sites (N-methyl/N-ethyl adjacent to an activating group) is 1. The zero-order valence-corrected chi connectivity index (χ0v) is 10.2. The summed E-state index contributed by atoms with van der Waals surface area (Å²) in [5.41, 5.74) is 0. The van der Waals surface area contributed by atoms with Crippen molar-refractivity contribution in [1.29, 1.82) is 0 Å². The van der Waals surface area contributed by atoms with Gasteiger partial charge in [0.25, 0.3) is 0 Å². The van der Waals surface area contributed by atoms with E-state index in [0.717, 1.165) is 38.2 Å². The van der Waals surface area contributed by atoms with E-state index >= 15 is 0 Å². The fourth-order valence-electron chi connectivity index (χ4n) is 2.50. The topological polar surface area (TPSA) is 30.5 Å². The second-order valence-corrected chi connectivity index (χ2v) is 4.65. The largest absolute Gasteiger partial charge is 0.496 e. The number of nitrogens with one attached hydrogen (secondary N) is 1. The Hall–Kier alpha value is -0.540. The molecule has 1 fully saturated rings. The maximum Gasteiger partial charge on any atom is 0.109 e. The van der Waals surface area contributed by atoms with Crippen LogP contribution in [0.1, 0.15) is 38.5 Å². The second kappa shape index (κ2) is 6.26. The Labute approximate surface area is 98.2 Å². The lowest BCUT2D eigenvalue weighted by atomic mass is 10.0. The Morgan fingerprint density at radius 3 is 3.00 bits per heavy atom. The molecule has 1 N–H and O–H groups in total. The molecule has 0 radical (unpaired) electrons. The van der Waals surface area contributed by atoms with Crippen molar-refractivity contribution >= 4 is 0 Å². The molecule has 2 heterocycles. The van der Waals surface area contributed by atoms with Crippen LogP contribution in [-0.2, 0) is 9.47 Å². The highest BCUT2D eigenvalue weighted by Crippen LogP contribution is 2.21. The maximum absolute atomic E-state index is 5.75. The van der Waals surface area contributed by atoms with Crippen LogP contribution in [0.5, 0.6) is 0 Å². The lowest BCUT2D eigenvalue weighted by molar-refractivity contribution is 0.00843. The first kappa shape index (κ1) is 11.9. The van der Waals surface area contributed by atoms with E-state index in [1.165, 1.54) is 19.3 Å². The average Bonchev–Trinajstić information content (AvgIpc) is 2.85. The standard InChI is InChI=1S/C13H23NO2/c1-14-12(13-6-4-10-16-13)8-7-11-5-2-3-9-15-11/h6,11-12,14H,2-5,7-10H2,1H3. The molecule has 1 saturated heterocycles. The van der Waals surface area contributed by atoms with Gasteiger partial charge in [0.05, 0.1) is 18.8 Å². The Morgan fingerprint density at radius 1 is 1.44 bits per heavy atom. The first-order valence-electron chi connectivity index (χ1n) is 6.52. The van der Waals surface area contributed by atoms with Gasteiger partial charge in [0.15, 0.2) is 0 Å². The van der Waals surface area contributed by atoms with Crippen LogP contribution >= 0.6 is 0 Å². The molecule has 0 saturated carbocycles. The summed E-state index contributed by atoms with van der Waals surface area (Å²) in [5.74, 6) is 1.14. The van der Waals surface area contributed by atoms with Gasteiger partial charge in [-0.25, -0.2) is 0 Å². The lowest BCUT2D eigenvalue weighted by Crippen LogP contribution is -2.30. The Kier molecular flexibility index (Phi) is 4.67. The summed E-state index contributed by atoms with van der Waals surface area (Å²) in [6.45, 7) is 1.81. The molecular formula is C13H23NO2. The van der Waals surface area contributed by atoms with Crippen LogP contribution in [-0.4, -0.2) is 32.4 Å². The molecule has 0 aromatic rings. The minimum atomic E-state index is 0.382. The van der Waals surface area contributed by atoms with Gasteiger partial charge in [-0.1, -0.05) is 0 Å². The number of hydrogen-bond donors (Lipinski definition) is 1. The van der Waals surface area contributed by atoms with Crippen molar-refractivity contribution in [1.82, 2.24) is 5.32 Å². The zero-order chi connectivity index (χ0) is 11.2. The van der Waals surface area contributed by atoms with Gasteiger partial charge in [-0.05, 0) is 45.2 Å². The zero-order valence-electron chi connectivity index (χ0n) is 10.2. The van der Waals surface area contributed by atoms with Crippen LogP contribution in [0.2, 0.25) is 0 Å². The van der Waals surface area contributed by atoms with E-state index in [9.17, 15) is 0 Å². The summed E-state index contributed by atoms with van der Waals surface area (Å²) in [6, 6.07) is 0.382. The molecule has 0 aliphatic carbocycles. The predicted molar refractivity (Wildman–Crippen MR) is 64.3 cm³/mol. The molecule has 2 atom stereocenters. The number of hydrogen-bond acceptors (Lipinski definition) is 3. The van der Waals surface area contributed by atoms with Gasteiger partial charge in [-0.3, -0.25) is 0 Å². The predicted octanol–water partition coefficient (Wildman–Crippen LogP) is 2.23. The Bertz CT molecular complexity index is 234. The second-order valence-electron chi connectivity index (χ2n) is 4.65. The van der Waals surface area contributed by atoms with Crippen molar-refractivity contribution in [3.63, 3.8) is 0 Å². The monoisotopic (exact) mass is 225 g/mol. The van der Waals surface area contributed by atoms with E-state index in [-0.39, 0.29) is 0 Å². The molecule has 0 aromatic carbocycles. The normalized spacial score (nSPS) is 27.3. The van der Waals surface area contributed by atoms with Gasteiger partial charge in [-0.2, -0.15) is 0 Å². The van der Waals surface area contributed by atoms with Crippen LogP contribution < -0.4 is 5.32 Å². The van der Waals surface area contributed by atoms with E-state index in [2.05, 4.69) is 11.4 Å². The van der Waals surface area contributed by atoms with Gasteiger partial charge in [0.1, 0.15) is 5.76 Å². The molecule has 2 unspecified atom stereocenters. The van der Waals surface area contributed by atoms with E-state index in [1.807, 2.05) is 7.05 Å². The maximum atomic E-state index is 5.75. The highest BCUT2D eigenvalue weighted by Gasteiger charge is 2.20. The molecule has 0 amide bonds. The summed E-state index contributed by atoms with van der Waals surface area (Å²) in [7, 11) is 2.01. The summed E-state index contributed by atoms with van der Waals surface area (Å²) in [4.78, 5) is 0. The van der Waals surface area contributed by atoms with E-state index in [4.69, 9.17) is 9.47 Å².